The second kappa shape index (κ2) is 5.73. The number of esters is 1. The molecule has 0 aliphatic carbocycles. The quantitative estimate of drug-likeness (QED) is 0.354. The van der Waals surface area contributed by atoms with Crippen molar-refractivity contribution in [2.24, 2.45) is 0 Å². The van der Waals surface area contributed by atoms with E-state index < -0.39 is 5.97 Å². The zero-order valence-electron chi connectivity index (χ0n) is 7.70. The topological polar surface area (TPSA) is 43.4 Å². The van der Waals surface area contributed by atoms with Crippen molar-refractivity contribution in [1.82, 2.24) is 0 Å². The lowest BCUT2D eigenvalue weighted by molar-refractivity contribution is -0.131. The van der Waals surface area contributed by atoms with E-state index >= 15 is 0 Å². The van der Waals surface area contributed by atoms with E-state index in [2.05, 4.69) is 0 Å². The second-order valence-corrected chi connectivity index (χ2v) is 3.22. The number of carbonyl (C=O) groups is 2. The van der Waals surface area contributed by atoms with E-state index in [0.29, 0.717) is 11.3 Å². The molecule has 3 nitrogen and oxygen atoms in total. The first-order valence-electron chi connectivity index (χ1n) is 4.13. The first-order chi connectivity index (χ1) is 7.17. The molecule has 0 amide bonds. The Bertz CT molecular complexity index is 359. The number of carbonyl (C=O) groups excluding carboxylic acids is 2. The number of Topliss-reactive ketones (excluding diaryl/α,β-unsaturated/α-hetero) is 1. The Morgan fingerprint density at radius 3 is 2.13 bits per heavy atom. The first-order valence-corrected chi connectivity index (χ1v) is 5.20. The maximum absolute atomic E-state index is 11.1. The molecule has 0 unspecified atom stereocenters. The van der Waals surface area contributed by atoms with Crippen LogP contribution in [0.15, 0.2) is 24.3 Å². The lowest BCUT2D eigenvalue weighted by Crippen LogP contribution is -2.09. The van der Waals surface area contributed by atoms with E-state index in [1.54, 1.807) is 12.1 Å². The van der Waals surface area contributed by atoms with Gasteiger partial charge in [-0.15, -0.1) is 23.2 Å². The van der Waals surface area contributed by atoms with Gasteiger partial charge in [-0.1, -0.05) is 0 Å². The zero-order valence-corrected chi connectivity index (χ0v) is 9.22. The molecule has 1 rings (SSSR count). The number of rotatable bonds is 4. The predicted molar refractivity (Wildman–Crippen MR) is 57.8 cm³/mol. The predicted octanol–water partition coefficient (Wildman–Crippen LogP) is 2.25. The summed E-state index contributed by atoms with van der Waals surface area (Å²) < 4.78 is 4.82. The van der Waals surface area contributed by atoms with Crippen LogP contribution in [0.1, 0.15) is 10.4 Å². The van der Waals surface area contributed by atoms with Crippen LogP contribution in [0.5, 0.6) is 5.75 Å². The Morgan fingerprint density at radius 1 is 1.07 bits per heavy atom. The SMILES string of the molecule is O=C(CCl)Oc1ccc(C(=O)CCl)cc1. The summed E-state index contributed by atoms with van der Waals surface area (Å²) in [6.45, 7) is 0. The zero-order chi connectivity index (χ0) is 11.3. The van der Waals surface area contributed by atoms with E-state index in [-0.39, 0.29) is 17.5 Å². The van der Waals surface area contributed by atoms with Crippen molar-refractivity contribution in [3.8, 4) is 5.75 Å². The van der Waals surface area contributed by atoms with Crippen molar-refractivity contribution < 1.29 is 14.3 Å². The summed E-state index contributed by atoms with van der Waals surface area (Å²) in [6, 6.07) is 6.12. The summed E-state index contributed by atoms with van der Waals surface area (Å²) in [4.78, 5) is 22.0. The molecule has 0 radical (unpaired) electrons. The minimum absolute atomic E-state index is 0.0686. The van der Waals surface area contributed by atoms with Crippen LogP contribution < -0.4 is 4.74 Å². The average molecular weight is 247 g/mol. The number of hydrogen-bond acceptors (Lipinski definition) is 3. The molecule has 0 saturated carbocycles. The highest BCUT2D eigenvalue weighted by atomic mass is 35.5. The summed E-state index contributed by atoms with van der Waals surface area (Å²) in [7, 11) is 0. The highest BCUT2D eigenvalue weighted by Crippen LogP contribution is 2.13. The van der Waals surface area contributed by atoms with Crippen LogP contribution >= 0.6 is 23.2 Å². The van der Waals surface area contributed by atoms with Crippen LogP contribution in [-0.2, 0) is 4.79 Å². The van der Waals surface area contributed by atoms with Crippen LogP contribution in [0, 0.1) is 0 Å². The molecule has 5 heteroatoms. The third-order valence-corrected chi connectivity index (χ3v) is 2.10. The first kappa shape index (κ1) is 12.0. The molecule has 1 aromatic rings. The highest BCUT2D eigenvalue weighted by Gasteiger charge is 2.05. The van der Waals surface area contributed by atoms with Gasteiger partial charge in [0.2, 0.25) is 0 Å². The number of hydrogen-bond donors (Lipinski definition) is 0. The molecule has 0 saturated heterocycles. The third kappa shape index (κ3) is 3.53. The molecule has 0 bridgehead atoms. The number of halogens is 2. The van der Waals surface area contributed by atoms with Gasteiger partial charge in [-0.3, -0.25) is 9.59 Å². The standard InChI is InChI=1S/C10H8Cl2O3/c11-5-9(13)7-1-3-8(4-2-7)15-10(14)6-12/h1-4H,5-6H2. The maximum atomic E-state index is 11.1. The lowest BCUT2D eigenvalue weighted by atomic mass is 10.1. The van der Waals surface area contributed by atoms with Gasteiger partial charge in [-0.05, 0) is 24.3 Å². The van der Waals surface area contributed by atoms with Crippen LogP contribution in [0.3, 0.4) is 0 Å². The molecular weight excluding hydrogens is 239 g/mol. The molecule has 0 aliphatic heterocycles. The largest absolute Gasteiger partial charge is 0.426 e. The minimum atomic E-state index is -0.534. The Hall–Kier alpha value is -1.06. The van der Waals surface area contributed by atoms with Crippen molar-refractivity contribution in [3.05, 3.63) is 29.8 Å². The number of benzene rings is 1. The van der Waals surface area contributed by atoms with Gasteiger partial charge in [0.1, 0.15) is 11.6 Å². The normalized spacial score (nSPS) is 9.73. The minimum Gasteiger partial charge on any atom is -0.426 e. The van der Waals surface area contributed by atoms with Gasteiger partial charge >= 0.3 is 5.97 Å². The molecule has 0 aliphatic rings. The molecule has 0 spiro atoms. The number of ether oxygens (including phenoxy) is 1. The summed E-state index contributed by atoms with van der Waals surface area (Å²) >= 11 is 10.6. The fraction of sp³-hybridized carbons (Fsp3) is 0.200. The molecule has 15 heavy (non-hydrogen) atoms. The lowest BCUT2D eigenvalue weighted by Gasteiger charge is -2.02. The maximum Gasteiger partial charge on any atom is 0.326 e. The Balaban J connectivity index is 2.72. The smallest absolute Gasteiger partial charge is 0.326 e. The van der Waals surface area contributed by atoms with Gasteiger partial charge in [-0.25, -0.2) is 0 Å². The third-order valence-electron chi connectivity index (χ3n) is 1.64. The summed E-state index contributed by atoms with van der Waals surface area (Å²) in [5, 5.41) is 0. The van der Waals surface area contributed by atoms with Crippen molar-refractivity contribution in [2.75, 3.05) is 11.8 Å². The highest BCUT2D eigenvalue weighted by molar-refractivity contribution is 6.30. The molecule has 80 valence electrons. The monoisotopic (exact) mass is 246 g/mol. The summed E-state index contributed by atoms with van der Waals surface area (Å²) in [5.74, 6) is -0.629. The summed E-state index contributed by atoms with van der Waals surface area (Å²) in [6.07, 6.45) is 0. The van der Waals surface area contributed by atoms with E-state index in [4.69, 9.17) is 27.9 Å². The van der Waals surface area contributed by atoms with E-state index in [1.165, 1.54) is 12.1 Å². The van der Waals surface area contributed by atoms with Crippen molar-refractivity contribution in [1.29, 1.82) is 0 Å². The molecule has 0 N–H and O–H groups in total. The number of ketones is 1. The molecule has 1 aromatic carbocycles. The van der Waals surface area contributed by atoms with Crippen LogP contribution in [0.2, 0.25) is 0 Å². The average Bonchev–Trinajstić information content (AvgIpc) is 2.29. The van der Waals surface area contributed by atoms with Crippen LogP contribution in [0.4, 0.5) is 0 Å². The van der Waals surface area contributed by atoms with E-state index in [1.807, 2.05) is 0 Å². The molecular formula is C10H8Cl2O3. The van der Waals surface area contributed by atoms with Gasteiger partial charge in [-0.2, -0.15) is 0 Å². The molecule has 0 aromatic heterocycles. The van der Waals surface area contributed by atoms with E-state index in [0.717, 1.165) is 0 Å². The second-order valence-electron chi connectivity index (χ2n) is 2.69. The van der Waals surface area contributed by atoms with Crippen LogP contribution in [0.25, 0.3) is 0 Å². The van der Waals surface area contributed by atoms with Gasteiger partial charge in [0.25, 0.3) is 0 Å². The molecule has 0 fully saturated rings. The summed E-state index contributed by atoms with van der Waals surface area (Å²) in [5.41, 5.74) is 0.482. The van der Waals surface area contributed by atoms with Crippen molar-refractivity contribution in [3.63, 3.8) is 0 Å². The molecule has 0 heterocycles. The van der Waals surface area contributed by atoms with Crippen LogP contribution in [-0.4, -0.2) is 23.5 Å². The Morgan fingerprint density at radius 2 is 1.67 bits per heavy atom. The van der Waals surface area contributed by atoms with Gasteiger partial charge in [0.05, 0.1) is 5.88 Å². The van der Waals surface area contributed by atoms with Crippen molar-refractivity contribution >= 4 is 35.0 Å². The van der Waals surface area contributed by atoms with E-state index in [9.17, 15) is 9.59 Å². The Labute approximate surface area is 96.9 Å². The van der Waals surface area contributed by atoms with Gasteiger partial charge < -0.3 is 4.74 Å². The van der Waals surface area contributed by atoms with Gasteiger partial charge in [0.15, 0.2) is 5.78 Å². The van der Waals surface area contributed by atoms with Crippen molar-refractivity contribution in [2.45, 2.75) is 0 Å². The Kier molecular flexibility index (Phi) is 4.59. The fourth-order valence-corrected chi connectivity index (χ4v) is 1.15. The fourth-order valence-electron chi connectivity index (χ4n) is 0.945. The number of alkyl halides is 2. The molecule has 0 atom stereocenters. The van der Waals surface area contributed by atoms with Gasteiger partial charge in [0, 0.05) is 5.56 Å².